The summed E-state index contributed by atoms with van der Waals surface area (Å²) >= 11 is 0. The molecule has 1 aromatic rings. The molecule has 2 fully saturated rings. The summed E-state index contributed by atoms with van der Waals surface area (Å²) in [5.41, 5.74) is 1.00. The molecule has 0 spiro atoms. The highest BCUT2D eigenvalue weighted by Crippen LogP contribution is 2.24. The van der Waals surface area contributed by atoms with Gasteiger partial charge < -0.3 is 4.90 Å². The number of halogens is 1. The normalized spacial score (nSPS) is 21.9. The third kappa shape index (κ3) is 3.86. The van der Waals surface area contributed by atoms with Crippen LogP contribution in [0.5, 0.6) is 0 Å². The number of hydrogen-bond acceptors (Lipinski definition) is 2. The van der Waals surface area contributed by atoms with Crippen LogP contribution < -0.4 is 0 Å². The summed E-state index contributed by atoms with van der Waals surface area (Å²) in [6.45, 7) is 3.24. The SMILES string of the molecule is O=C1CCN(C2CCCCC2)CCN1Cc1ccc(F)cc1. The monoisotopic (exact) mass is 304 g/mol. The number of rotatable bonds is 3. The molecular formula is C18H25FN2O. The molecule has 0 bridgehead atoms. The molecule has 22 heavy (non-hydrogen) atoms. The highest BCUT2D eigenvalue weighted by Gasteiger charge is 2.26. The van der Waals surface area contributed by atoms with E-state index in [0.29, 0.717) is 19.0 Å². The summed E-state index contributed by atoms with van der Waals surface area (Å²) in [4.78, 5) is 16.8. The van der Waals surface area contributed by atoms with Gasteiger partial charge in [0.05, 0.1) is 0 Å². The minimum absolute atomic E-state index is 0.225. The van der Waals surface area contributed by atoms with Crippen LogP contribution in [-0.4, -0.2) is 41.4 Å². The van der Waals surface area contributed by atoms with Crippen molar-refractivity contribution in [3.05, 3.63) is 35.6 Å². The fourth-order valence-corrected chi connectivity index (χ4v) is 3.67. The second kappa shape index (κ2) is 7.23. The first-order chi connectivity index (χ1) is 10.7. The number of carbonyl (C=O) groups excluding carboxylic acids is 1. The molecule has 1 aliphatic carbocycles. The van der Waals surface area contributed by atoms with Crippen molar-refractivity contribution in [3.63, 3.8) is 0 Å². The van der Waals surface area contributed by atoms with Gasteiger partial charge >= 0.3 is 0 Å². The van der Waals surface area contributed by atoms with Crippen LogP contribution in [0.3, 0.4) is 0 Å². The highest BCUT2D eigenvalue weighted by atomic mass is 19.1. The lowest BCUT2D eigenvalue weighted by Crippen LogP contribution is -2.39. The van der Waals surface area contributed by atoms with Crippen molar-refractivity contribution >= 4 is 5.91 Å². The predicted octanol–water partition coefficient (Wildman–Crippen LogP) is 3.19. The fourth-order valence-electron chi connectivity index (χ4n) is 3.67. The molecule has 1 amide bonds. The van der Waals surface area contributed by atoms with E-state index in [0.717, 1.165) is 25.2 Å². The van der Waals surface area contributed by atoms with Gasteiger partial charge in [0, 0.05) is 38.6 Å². The Bertz CT molecular complexity index is 496. The summed E-state index contributed by atoms with van der Waals surface area (Å²) in [6, 6.07) is 7.14. The van der Waals surface area contributed by atoms with Gasteiger partial charge in [-0.25, -0.2) is 4.39 Å². The Labute approximate surface area is 132 Å². The minimum atomic E-state index is -0.227. The van der Waals surface area contributed by atoms with E-state index < -0.39 is 0 Å². The van der Waals surface area contributed by atoms with Crippen LogP contribution in [-0.2, 0) is 11.3 Å². The van der Waals surface area contributed by atoms with E-state index in [4.69, 9.17) is 0 Å². The zero-order chi connectivity index (χ0) is 15.4. The first-order valence-corrected chi connectivity index (χ1v) is 8.48. The lowest BCUT2D eigenvalue weighted by atomic mass is 9.94. The molecule has 0 atom stereocenters. The maximum atomic E-state index is 13.0. The predicted molar refractivity (Wildman–Crippen MR) is 84.9 cm³/mol. The number of benzene rings is 1. The third-order valence-electron chi connectivity index (χ3n) is 5.00. The van der Waals surface area contributed by atoms with E-state index in [9.17, 15) is 9.18 Å². The number of nitrogens with zero attached hydrogens (tertiary/aromatic N) is 2. The lowest BCUT2D eigenvalue weighted by Gasteiger charge is -2.33. The second-order valence-corrected chi connectivity index (χ2v) is 6.52. The van der Waals surface area contributed by atoms with Crippen molar-refractivity contribution in [2.75, 3.05) is 19.6 Å². The van der Waals surface area contributed by atoms with Gasteiger partial charge in [0.1, 0.15) is 5.82 Å². The van der Waals surface area contributed by atoms with E-state index in [1.54, 1.807) is 12.1 Å². The molecule has 3 nitrogen and oxygen atoms in total. The number of carbonyl (C=O) groups is 1. The van der Waals surface area contributed by atoms with Gasteiger partial charge in [-0.1, -0.05) is 31.4 Å². The highest BCUT2D eigenvalue weighted by molar-refractivity contribution is 5.76. The average Bonchev–Trinajstić information content (AvgIpc) is 2.73. The lowest BCUT2D eigenvalue weighted by molar-refractivity contribution is -0.130. The molecule has 1 saturated heterocycles. The fraction of sp³-hybridized carbons (Fsp3) is 0.611. The molecule has 0 unspecified atom stereocenters. The second-order valence-electron chi connectivity index (χ2n) is 6.52. The van der Waals surface area contributed by atoms with Crippen molar-refractivity contribution < 1.29 is 9.18 Å². The zero-order valence-electron chi connectivity index (χ0n) is 13.1. The summed E-state index contributed by atoms with van der Waals surface area (Å²) in [5, 5.41) is 0. The summed E-state index contributed by atoms with van der Waals surface area (Å²) < 4.78 is 13.0. The number of hydrogen-bond donors (Lipinski definition) is 0. The molecule has 0 aromatic heterocycles. The van der Waals surface area contributed by atoms with Crippen LogP contribution >= 0.6 is 0 Å². The largest absolute Gasteiger partial charge is 0.337 e. The van der Waals surface area contributed by atoms with Crippen LogP contribution in [0.15, 0.2) is 24.3 Å². The molecule has 1 aliphatic heterocycles. The van der Waals surface area contributed by atoms with Gasteiger partial charge in [-0.3, -0.25) is 9.69 Å². The maximum Gasteiger partial charge on any atom is 0.224 e. The summed E-state index contributed by atoms with van der Waals surface area (Å²) in [5.74, 6) is -0.00273. The van der Waals surface area contributed by atoms with E-state index in [2.05, 4.69) is 4.90 Å². The van der Waals surface area contributed by atoms with E-state index >= 15 is 0 Å². The molecule has 0 radical (unpaired) electrons. The molecule has 2 aliphatic rings. The van der Waals surface area contributed by atoms with Crippen molar-refractivity contribution in [1.82, 2.24) is 9.80 Å². The summed E-state index contributed by atoms with van der Waals surface area (Å²) in [6.07, 6.45) is 7.19. The van der Waals surface area contributed by atoms with Crippen LogP contribution in [0.25, 0.3) is 0 Å². The topological polar surface area (TPSA) is 23.6 Å². The van der Waals surface area contributed by atoms with Crippen molar-refractivity contribution in [3.8, 4) is 0 Å². The molecule has 120 valence electrons. The smallest absolute Gasteiger partial charge is 0.224 e. The van der Waals surface area contributed by atoms with Gasteiger partial charge in [-0.15, -0.1) is 0 Å². The number of amides is 1. The van der Waals surface area contributed by atoms with Gasteiger partial charge in [0.2, 0.25) is 5.91 Å². The van der Waals surface area contributed by atoms with Crippen LogP contribution in [0.4, 0.5) is 4.39 Å². The van der Waals surface area contributed by atoms with Gasteiger partial charge in [-0.2, -0.15) is 0 Å². The molecule has 1 aromatic carbocycles. The van der Waals surface area contributed by atoms with Crippen molar-refractivity contribution in [2.45, 2.75) is 51.1 Å². The molecule has 0 N–H and O–H groups in total. The first-order valence-electron chi connectivity index (χ1n) is 8.48. The van der Waals surface area contributed by atoms with Crippen molar-refractivity contribution in [1.29, 1.82) is 0 Å². The molecule has 3 rings (SSSR count). The van der Waals surface area contributed by atoms with E-state index in [1.165, 1.54) is 44.2 Å². The van der Waals surface area contributed by atoms with Crippen LogP contribution in [0.2, 0.25) is 0 Å². The van der Waals surface area contributed by atoms with Gasteiger partial charge in [-0.05, 0) is 30.5 Å². The first kappa shape index (κ1) is 15.5. The molecule has 1 saturated carbocycles. The van der Waals surface area contributed by atoms with Crippen molar-refractivity contribution in [2.24, 2.45) is 0 Å². The molecular weight excluding hydrogens is 279 g/mol. The van der Waals surface area contributed by atoms with Gasteiger partial charge in [0.15, 0.2) is 0 Å². The van der Waals surface area contributed by atoms with Crippen LogP contribution in [0.1, 0.15) is 44.1 Å². The third-order valence-corrected chi connectivity index (χ3v) is 5.00. The Morgan fingerprint density at radius 1 is 1.00 bits per heavy atom. The standard InChI is InChI=1S/C18H25FN2O/c19-16-8-6-15(7-9-16)14-21-13-12-20(11-10-18(21)22)17-4-2-1-3-5-17/h6-9,17H,1-5,10-14H2. The van der Waals surface area contributed by atoms with E-state index in [1.807, 2.05) is 4.90 Å². The zero-order valence-corrected chi connectivity index (χ0v) is 13.1. The maximum absolute atomic E-state index is 13.0. The Morgan fingerprint density at radius 2 is 1.73 bits per heavy atom. The molecule has 4 heteroatoms. The quantitative estimate of drug-likeness (QED) is 0.856. The Hall–Kier alpha value is -1.42. The molecule has 1 heterocycles. The Balaban J connectivity index is 1.59. The van der Waals surface area contributed by atoms with E-state index in [-0.39, 0.29) is 11.7 Å². The minimum Gasteiger partial charge on any atom is -0.337 e. The summed E-state index contributed by atoms with van der Waals surface area (Å²) in [7, 11) is 0. The Kier molecular flexibility index (Phi) is 5.08. The van der Waals surface area contributed by atoms with Crippen LogP contribution in [0, 0.1) is 5.82 Å². The Morgan fingerprint density at radius 3 is 2.45 bits per heavy atom. The van der Waals surface area contributed by atoms with Gasteiger partial charge in [0.25, 0.3) is 0 Å². The average molecular weight is 304 g/mol.